The third-order valence-corrected chi connectivity index (χ3v) is 3.14. The van der Waals surface area contributed by atoms with Gasteiger partial charge in [0.25, 0.3) is 5.91 Å². The highest BCUT2D eigenvalue weighted by molar-refractivity contribution is 5.94. The SMILES string of the molecule is CCC(C)CN(CC)C(=O)c1cccc(C#N)c1. The van der Waals surface area contributed by atoms with Crippen LogP contribution in [0.3, 0.4) is 0 Å². The number of hydrogen-bond donors (Lipinski definition) is 0. The van der Waals surface area contributed by atoms with Crippen LogP contribution in [0.4, 0.5) is 0 Å². The maximum atomic E-state index is 12.3. The lowest BCUT2D eigenvalue weighted by Crippen LogP contribution is -2.34. The molecule has 0 radical (unpaired) electrons. The van der Waals surface area contributed by atoms with E-state index in [0.29, 0.717) is 23.6 Å². The van der Waals surface area contributed by atoms with Crippen LogP contribution in [0.5, 0.6) is 0 Å². The minimum Gasteiger partial charge on any atom is -0.339 e. The van der Waals surface area contributed by atoms with E-state index in [9.17, 15) is 4.79 Å². The number of carbonyl (C=O) groups is 1. The fraction of sp³-hybridized carbons (Fsp3) is 0.467. The van der Waals surface area contributed by atoms with Crippen molar-refractivity contribution in [2.75, 3.05) is 13.1 Å². The summed E-state index contributed by atoms with van der Waals surface area (Å²) in [7, 11) is 0. The number of benzene rings is 1. The first-order valence-corrected chi connectivity index (χ1v) is 6.41. The number of amides is 1. The highest BCUT2D eigenvalue weighted by atomic mass is 16.2. The molecule has 0 aliphatic rings. The van der Waals surface area contributed by atoms with Gasteiger partial charge >= 0.3 is 0 Å². The van der Waals surface area contributed by atoms with Crippen molar-refractivity contribution in [3.63, 3.8) is 0 Å². The molecule has 18 heavy (non-hydrogen) atoms. The van der Waals surface area contributed by atoms with Gasteiger partial charge in [0, 0.05) is 18.7 Å². The molecule has 1 amide bonds. The molecular formula is C15H20N2O. The first-order valence-electron chi connectivity index (χ1n) is 6.41. The Balaban J connectivity index is 2.86. The Bertz CT molecular complexity index is 448. The molecule has 0 bridgehead atoms. The van der Waals surface area contributed by atoms with Crippen molar-refractivity contribution in [3.05, 3.63) is 35.4 Å². The quantitative estimate of drug-likeness (QED) is 0.799. The van der Waals surface area contributed by atoms with E-state index in [0.717, 1.165) is 13.0 Å². The molecule has 1 aromatic carbocycles. The fourth-order valence-electron chi connectivity index (χ4n) is 1.77. The normalized spacial score (nSPS) is 11.7. The van der Waals surface area contributed by atoms with Crippen molar-refractivity contribution in [2.45, 2.75) is 27.2 Å². The molecule has 0 aliphatic heterocycles. The standard InChI is InChI=1S/C15H20N2O/c1-4-12(3)11-17(5-2)15(18)14-8-6-7-13(9-14)10-16/h6-9,12H,4-5,11H2,1-3H3. The summed E-state index contributed by atoms with van der Waals surface area (Å²) in [5, 5.41) is 8.85. The van der Waals surface area contributed by atoms with Crippen LogP contribution in [0.2, 0.25) is 0 Å². The van der Waals surface area contributed by atoms with E-state index < -0.39 is 0 Å². The molecule has 1 atom stereocenters. The number of nitriles is 1. The van der Waals surface area contributed by atoms with Crippen LogP contribution in [0, 0.1) is 17.2 Å². The fourth-order valence-corrected chi connectivity index (χ4v) is 1.77. The van der Waals surface area contributed by atoms with Crippen molar-refractivity contribution in [2.24, 2.45) is 5.92 Å². The van der Waals surface area contributed by atoms with Gasteiger partial charge in [-0.25, -0.2) is 0 Å². The summed E-state index contributed by atoms with van der Waals surface area (Å²) in [6, 6.07) is 8.94. The van der Waals surface area contributed by atoms with E-state index in [2.05, 4.69) is 19.9 Å². The van der Waals surface area contributed by atoms with Crippen LogP contribution in [0.1, 0.15) is 43.1 Å². The first kappa shape index (κ1) is 14.2. The van der Waals surface area contributed by atoms with Gasteiger partial charge in [0.2, 0.25) is 0 Å². The smallest absolute Gasteiger partial charge is 0.253 e. The molecule has 1 aromatic rings. The van der Waals surface area contributed by atoms with Crippen LogP contribution in [-0.4, -0.2) is 23.9 Å². The molecule has 0 spiro atoms. The van der Waals surface area contributed by atoms with Crippen LogP contribution < -0.4 is 0 Å². The lowest BCUT2D eigenvalue weighted by atomic mass is 10.1. The Hall–Kier alpha value is -1.82. The highest BCUT2D eigenvalue weighted by Gasteiger charge is 2.16. The molecule has 0 fully saturated rings. The molecule has 1 rings (SSSR count). The van der Waals surface area contributed by atoms with Gasteiger partial charge in [-0.05, 0) is 31.0 Å². The van der Waals surface area contributed by atoms with Crippen LogP contribution in [0.15, 0.2) is 24.3 Å². The third-order valence-electron chi connectivity index (χ3n) is 3.14. The molecule has 0 aromatic heterocycles. The predicted molar refractivity (Wildman–Crippen MR) is 72.2 cm³/mol. The first-order chi connectivity index (χ1) is 8.62. The monoisotopic (exact) mass is 244 g/mol. The Morgan fingerprint density at radius 3 is 2.72 bits per heavy atom. The van der Waals surface area contributed by atoms with E-state index in [-0.39, 0.29) is 5.91 Å². The van der Waals surface area contributed by atoms with Crippen LogP contribution >= 0.6 is 0 Å². The lowest BCUT2D eigenvalue weighted by molar-refractivity contribution is 0.0741. The highest BCUT2D eigenvalue weighted by Crippen LogP contribution is 2.11. The maximum absolute atomic E-state index is 12.3. The number of rotatable bonds is 5. The van der Waals surface area contributed by atoms with Crippen molar-refractivity contribution < 1.29 is 4.79 Å². The zero-order valence-corrected chi connectivity index (χ0v) is 11.3. The summed E-state index contributed by atoms with van der Waals surface area (Å²) in [6.45, 7) is 7.71. The number of hydrogen-bond acceptors (Lipinski definition) is 2. The summed E-state index contributed by atoms with van der Waals surface area (Å²) in [4.78, 5) is 14.1. The minimum atomic E-state index is 0.00917. The molecule has 1 unspecified atom stereocenters. The number of nitrogens with zero attached hydrogens (tertiary/aromatic N) is 2. The van der Waals surface area contributed by atoms with Crippen molar-refractivity contribution >= 4 is 5.91 Å². The van der Waals surface area contributed by atoms with Crippen LogP contribution in [-0.2, 0) is 0 Å². The van der Waals surface area contributed by atoms with Gasteiger partial charge in [0.1, 0.15) is 0 Å². The lowest BCUT2D eigenvalue weighted by Gasteiger charge is -2.24. The third kappa shape index (κ3) is 3.59. The van der Waals surface area contributed by atoms with E-state index >= 15 is 0 Å². The van der Waals surface area contributed by atoms with Gasteiger partial charge in [-0.3, -0.25) is 4.79 Å². The van der Waals surface area contributed by atoms with E-state index in [1.165, 1.54) is 0 Å². The maximum Gasteiger partial charge on any atom is 0.253 e. The summed E-state index contributed by atoms with van der Waals surface area (Å²) in [6.07, 6.45) is 1.06. The average Bonchev–Trinajstić information content (AvgIpc) is 2.43. The summed E-state index contributed by atoms with van der Waals surface area (Å²) < 4.78 is 0. The van der Waals surface area contributed by atoms with Crippen LogP contribution in [0.25, 0.3) is 0 Å². The van der Waals surface area contributed by atoms with Gasteiger partial charge in [-0.15, -0.1) is 0 Å². The molecule has 0 heterocycles. The predicted octanol–water partition coefficient (Wildman–Crippen LogP) is 3.07. The average molecular weight is 244 g/mol. The van der Waals surface area contributed by atoms with Gasteiger partial charge in [0.05, 0.1) is 11.6 Å². The molecular weight excluding hydrogens is 224 g/mol. The van der Waals surface area contributed by atoms with Crippen molar-refractivity contribution in [1.29, 1.82) is 5.26 Å². The molecule has 0 saturated heterocycles. The zero-order chi connectivity index (χ0) is 13.5. The second-order valence-electron chi connectivity index (χ2n) is 4.55. The Morgan fingerprint density at radius 2 is 2.17 bits per heavy atom. The topological polar surface area (TPSA) is 44.1 Å². The van der Waals surface area contributed by atoms with E-state index in [4.69, 9.17) is 5.26 Å². The minimum absolute atomic E-state index is 0.00917. The molecule has 3 heteroatoms. The van der Waals surface area contributed by atoms with Crippen molar-refractivity contribution in [1.82, 2.24) is 4.90 Å². The molecule has 96 valence electrons. The molecule has 0 saturated carbocycles. The van der Waals surface area contributed by atoms with Gasteiger partial charge in [-0.1, -0.05) is 26.3 Å². The second kappa shape index (κ2) is 6.80. The zero-order valence-electron chi connectivity index (χ0n) is 11.3. The Labute approximate surface area is 109 Å². The van der Waals surface area contributed by atoms with E-state index in [1.54, 1.807) is 24.3 Å². The van der Waals surface area contributed by atoms with Crippen molar-refractivity contribution in [3.8, 4) is 6.07 Å². The summed E-state index contributed by atoms with van der Waals surface area (Å²) >= 11 is 0. The Morgan fingerprint density at radius 1 is 1.44 bits per heavy atom. The number of carbonyl (C=O) groups excluding carboxylic acids is 1. The molecule has 0 N–H and O–H groups in total. The molecule has 3 nitrogen and oxygen atoms in total. The second-order valence-corrected chi connectivity index (χ2v) is 4.55. The largest absolute Gasteiger partial charge is 0.339 e. The van der Waals surface area contributed by atoms with Gasteiger partial charge < -0.3 is 4.90 Å². The molecule has 0 aliphatic carbocycles. The summed E-state index contributed by atoms with van der Waals surface area (Å²) in [5.41, 5.74) is 1.12. The Kier molecular flexibility index (Phi) is 5.38. The van der Waals surface area contributed by atoms with Gasteiger partial charge in [0.15, 0.2) is 0 Å². The van der Waals surface area contributed by atoms with E-state index in [1.807, 2.05) is 11.8 Å². The van der Waals surface area contributed by atoms with Gasteiger partial charge in [-0.2, -0.15) is 5.26 Å². The summed E-state index contributed by atoms with van der Waals surface area (Å²) in [5.74, 6) is 0.503.